The van der Waals surface area contributed by atoms with E-state index in [9.17, 15) is 14.7 Å². The van der Waals surface area contributed by atoms with Gasteiger partial charge in [-0.05, 0) is 36.8 Å². The van der Waals surface area contributed by atoms with Crippen LogP contribution in [0.3, 0.4) is 0 Å². The first-order chi connectivity index (χ1) is 14.5. The summed E-state index contributed by atoms with van der Waals surface area (Å²) in [5, 5.41) is 19.3. The zero-order valence-corrected chi connectivity index (χ0v) is 16.7. The number of carbonyl (C=O) groups is 2. The molecule has 1 heterocycles. The van der Waals surface area contributed by atoms with Crippen molar-refractivity contribution in [2.75, 3.05) is 7.11 Å². The van der Waals surface area contributed by atoms with Crippen LogP contribution in [0.5, 0.6) is 5.75 Å². The molecular weight excluding hydrogens is 386 g/mol. The van der Waals surface area contributed by atoms with Gasteiger partial charge in [0.25, 0.3) is 5.91 Å². The SMILES string of the molecule is COc1ccc(-c2[nH]ncc2C(=O)N[C@H](C(=O)OCc2ccccc2)[C@H](C)O)cc1. The minimum absolute atomic E-state index is 0.0432. The summed E-state index contributed by atoms with van der Waals surface area (Å²) in [6.07, 6.45) is 0.220. The lowest BCUT2D eigenvalue weighted by atomic mass is 10.1. The van der Waals surface area contributed by atoms with Gasteiger partial charge in [-0.1, -0.05) is 30.3 Å². The lowest BCUT2D eigenvalue weighted by Crippen LogP contribution is -2.48. The number of hydrogen-bond donors (Lipinski definition) is 3. The third-order valence-electron chi connectivity index (χ3n) is 4.51. The zero-order valence-electron chi connectivity index (χ0n) is 16.7. The van der Waals surface area contributed by atoms with Crippen LogP contribution in [0.1, 0.15) is 22.8 Å². The average molecular weight is 409 g/mol. The maximum atomic E-state index is 12.8. The second kappa shape index (κ2) is 9.71. The molecule has 0 aliphatic heterocycles. The molecule has 156 valence electrons. The van der Waals surface area contributed by atoms with Crippen molar-refractivity contribution in [3.05, 3.63) is 71.9 Å². The molecule has 30 heavy (non-hydrogen) atoms. The van der Waals surface area contributed by atoms with Crippen LogP contribution >= 0.6 is 0 Å². The van der Waals surface area contributed by atoms with E-state index in [0.29, 0.717) is 11.4 Å². The summed E-state index contributed by atoms with van der Waals surface area (Å²) >= 11 is 0. The fraction of sp³-hybridized carbons (Fsp3) is 0.227. The number of aromatic amines is 1. The van der Waals surface area contributed by atoms with Crippen molar-refractivity contribution in [3.8, 4) is 17.0 Å². The molecule has 0 spiro atoms. The highest BCUT2D eigenvalue weighted by Crippen LogP contribution is 2.23. The molecule has 8 nitrogen and oxygen atoms in total. The molecule has 0 saturated heterocycles. The third kappa shape index (κ3) is 5.03. The molecule has 0 unspecified atom stereocenters. The van der Waals surface area contributed by atoms with Gasteiger partial charge in [-0.2, -0.15) is 5.10 Å². The largest absolute Gasteiger partial charge is 0.497 e. The quantitative estimate of drug-likeness (QED) is 0.492. The monoisotopic (exact) mass is 409 g/mol. The highest BCUT2D eigenvalue weighted by Gasteiger charge is 2.29. The van der Waals surface area contributed by atoms with Crippen LogP contribution in [0.4, 0.5) is 0 Å². The number of amides is 1. The molecule has 0 radical (unpaired) electrons. The van der Waals surface area contributed by atoms with E-state index in [0.717, 1.165) is 11.1 Å². The van der Waals surface area contributed by atoms with Crippen LogP contribution in [-0.4, -0.2) is 46.4 Å². The number of aromatic nitrogens is 2. The summed E-state index contributed by atoms with van der Waals surface area (Å²) in [5.41, 5.74) is 2.25. The Balaban J connectivity index is 1.71. The molecule has 2 atom stereocenters. The summed E-state index contributed by atoms with van der Waals surface area (Å²) in [6, 6.07) is 15.0. The Morgan fingerprint density at radius 3 is 2.47 bits per heavy atom. The number of esters is 1. The first-order valence-corrected chi connectivity index (χ1v) is 9.37. The van der Waals surface area contributed by atoms with Crippen LogP contribution < -0.4 is 10.1 Å². The number of nitrogens with zero attached hydrogens (tertiary/aromatic N) is 1. The third-order valence-corrected chi connectivity index (χ3v) is 4.51. The number of rotatable bonds is 8. The van der Waals surface area contributed by atoms with Crippen molar-refractivity contribution in [1.82, 2.24) is 15.5 Å². The summed E-state index contributed by atoms with van der Waals surface area (Å²) < 4.78 is 10.4. The molecule has 0 bridgehead atoms. The van der Waals surface area contributed by atoms with E-state index in [1.807, 2.05) is 30.3 Å². The Hall–Kier alpha value is -3.65. The van der Waals surface area contributed by atoms with E-state index in [4.69, 9.17) is 9.47 Å². The molecule has 3 aromatic rings. The van der Waals surface area contributed by atoms with Gasteiger partial charge >= 0.3 is 5.97 Å². The maximum absolute atomic E-state index is 12.8. The fourth-order valence-corrected chi connectivity index (χ4v) is 2.85. The standard InChI is InChI=1S/C22H23N3O5/c1-14(26)19(22(28)30-13-15-6-4-3-5-7-15)24-21(27)18-12-23-25-20(18)16-8-10-17(29-2)11-9-16/h3-12,14,19,26H,13H2,1-2H3,(H,23,25)(H,24,27)/t14-,19-/m0/s1. The Kier molecular flexibility index (Phi) is 6.82. The van der Waals surface area contributed by atoms with Gasteiger partial charge < -0.3 is 19.9 Å². The molecule has 0 aliphatic carbocycles. The fourth-order valence-electron chi connectivity index (χ4n) is 2.85. The second-order valence-corrected chi connectivity index (χ2v) is 6.67. The number of methoxy groups -OCH3 is 1. The highest BCUT2D eigenvalue weighted by atomic mass is 16.5. The Labute approximate surface area is 173 Å². The van der Waals surface area contributed by atoms with Crippen molar-refractivity contribution in [2.45, 2.75) is 25.7 Å². The zero-order chi connectivity index (χ0) is 21.5. The number of nitrogens with one attached hydrogen (secondary N) is 2. The average Bonchev–Trinajstić information content (AvgIpc) is 3.26. The summed E-state index contributed by atoms with van der Waals surface area (Å²) in [4.78, 5) is 25.3. The van der Waals surface area contributed by atoms with E-state index in [1.54, 1.807) is 31.4 Å². The van der Waals surface area contributed by atoms with E-state index >= 15 is 0 Å². The number of ether oxygens (including phenoxy) is 2. The van der Waals surface area contributed by atoms with E-state index in [1.165, 1.54) is 13.1 Å². The number of aliphatic hydroxyl groups is 1. The minimum Gasteiger partial charge on any atom is -0.497 e. The Bertz CT molecular complexity index is 984. The van der Waals surface area contributed by atoms with Gasteiger partial charge in [-0.3, -0.25) is 9.89 Å². The van der Waals surface area contributed by atoms with E-state index in [2.05, 4.69) is 15.5 Å². The number of benzene rings is 2. The van der Waals surface area contributed by atoms with Gasteiger partial charge in [0.05, 0.1) is 30.7 Å². The number of hydrogen-bond acceptors (Lipinski definition) is 6. The lowest BCUT2D eigenvalue weighted by molar-refractivity contribution is -0.150. The normalized spacial score (nSPS) is 12.6. The van der Waals surface area contributed by atoms with Crippen molar-refractivity contribution in [3.63, 3.8) is 0 Å². The van der Waals surface area contributed by atoms with E-state index < -0.39 is 24.0 Å². The van der Waals surface area contributed by atoms with Crippen molar-refractivity contribution in [2.24, 2.45) is 0 Å². The molecular formula is C22H23N3O5. The molecule has 0 aliphatic rings. The molecule has 2 aromatic carbocycles. The minimum atomic E-state index is -1.22. The predicted octanol–water partition coefficient (Wildman–Crippen LogP) is 2.31. The van der Waals surface area contributed by atoms with Crippen molar-refractivity contribution >= 4 is 11.9 Å². The Morgan fingerprint density at radius 1 is 1.13 bits per heavy atom. The molecule has 0 saturated carbocycles. The molecule has 3 rings (SSSR count). The van der Waals surface area contributed by atoms with Crippen LogP contribution in [-0.2, 0) is 16.1 Å². The summed E-state index contributed by atoms with van der Waals surface area (Å²) in [6.45, 7) is 1.45. The van der Waals surface area contributed by atoms with Gasteiger partial charge in [0.15, 0.2) is 6.04 Å². The van der Waals surface area contributed by atoms with Crippen molar-refractivity contribution < 1.29 is 24.2 Å². The van der Waals surface area contributed by atoms with Gasteiger partial charge in [0, 0.05) is 5.56 Å². The van der Waals surface area contributed by atoms with Gasteiger partial charge in [-0.25, -0.2) is 4.79 Å². The van der Waals surface area contributed by atoms with E-state index in [-0.39, 0.29) is 12.2 Å². The summed E-state index contributed by atoms with van der Waals surface area (Å²) in [7, 11) is 1.57. The molecule has 0 fully saturated rings. The Morgan fingerprint density at radius 2 is 1.83 bits per heavy atom. The van der Waals surface area contributed by atoms with Crippen LogP contribution in [0, 0.1) is 0 Å². The van der Waals surface area contributed by atoms with Crippen LogP contribution in [0.15, 0.2) is 60.8 Å². The van der Waals surface area contributed by atoms with Crippen molar-refractivity contribution in [1.29, 1.82) is 0 Å². The topological polar surface area (TPSA) is 114 Å². The van der Waals surface area contributed by atoms with Gasteiger partial charge in [0.1, 0.15) is 12.4 Å². The first-order valence-electron chi connectivity index (χ1n) is 9.37. The molecule has 1 aromatic heterocycles. The number of carbonyl (C=O) groups excluding carboxylic acids is 2. The highest BCUT2D eigenvalue weighted by molar-refractivity contribution is 6.01. The summed E-state index contributed by atoms with van der Waals surface area (Å²) in [5.74, 6) is -0.603. The first kappa shape index (κ1) is 21.1. The van der Waals surface area contributed by atoms with Gasteiger partial charge in [0.2, 0.25) is 0 Å². The molecule has 1 amide bonds. The van der Waals surface area contributed by atoms with Crippen LogP contribution in [0.25, 0.3) is 11.3 Å². The second-order valence-electron chi connectivity index (χ2n) is 6.67. The number of aliphatic hydroxyl groups excluding tert-OH is 1. The molecule has 8 heteroatoms. The smallest absolute Gasteiger partial charge is 0.331 e. The van der Waals surface area contributed by atoms with Crippen LogP contribution in [0.2, 0.25) is 0 Å². The number of H-pyrrole nitrogens is 1. The predicted molar refractivity (Wildman–Crippen MR) is 110 cm³/mol. The van der Waals surface area contributed by atoms with Gasteiger partial charge in [-0.15, -0.1) is 0 Å². The lowest BCUT2D eigenvalue weighted by Gasteiger charge is -2.20. The molecule has 3 N–H and O–H groups in total. The maximum Gasteiger partial charge on any atom is 0.331 e.